The summed E-state index contributed by atoms with van der Waals surface area (Å²) in [6, 6.07) is 1.60. The highest BCUT2D eigenvalue weighted by Crippen LogP contribution is 2.28. The Hall–Kier alpha value is -0.0800. The second-order valence-electron chi connectivity index (χ2n) is 6.32. The van der Waals surface area contributed by atoms with E-state index in [1.54, 1.807) is 0 Å². The number of rotatable bonds is 5. The number of hydrogen-bond acceptors (Lipinski definition) is 2. The fourth-order valence-corrected chi connectivity index (χ4v) is 3.79. The molecule has 1 saturated heterocycles. The number of likely N-dealkylation sites (tertiary alicyclic amines) is 1. The number of nitrogens with one attached hydrogen (secondary N) is 1. The molecule has 0 aromatic heterocycles. The van der Waals surface area contributed by atoms with Crippen molar-refractivity contribution in [3.8, 4) is 0 Å². The quantitative estimate of drug-likeness (QED) is 0.754. The van der Waals surface area contributed by atoms with E-state index in [9.17, 15) is 0 Å². The van der Waals surface area contributed by atoms with Crippen LogP contribution >= 0.6 is 0 Å². The molecular formula is C16H32N2. The van der Waals surface area contributed by atoms with Gasteiger partial charge >= 0.3 is 0 Å². The van der Waals surface area contributed by atoms with Gasteiger partial charge in [-0.25, -0.2) is 0 Å². The molecule has 0 aromatic rings. The third-order valence-electron chi connectivity index (χ3n) is 5.00. The highest BCUT2D eigenvalue weighted by molar-refractivity contribution is 4.90. The molecule has 2 heteroatoms. The highest BCUT2D eigenvalue weighted by Gasteiger charge is 2.32. The summed E-state index contributed by atoms with van der Waals surface area (Å²) in [4.78, 5) is 2.81. The van der Waals surface area contributed by atoms with Crippen molar-refractivity contribution in [2.45, 2.75) is 77.3 Å². The summed E-state index contributed by atoms with van der Waals surface area (Å²) in [7, 11) is 0. The molecule has 18 heavy (non-hydrogen) atoms. The van der Waals surface area contributed by atoms with E-state index in [0.717, 1.165) is 18.0 Å². The molecule has 106 valence electrons. The first kappa shape index (κ1) is 14.3. The molecule has 0 radical (unpaired) electrons. The third-order valence-corrected chi connectivity index (χ3v) is 5.00. The lowest BCUT2D eigenvalue weighted by Crippen LogP contribution is -2.49. The zero-order valence-electron chi connectivity index (χ0n) is 12.5. The lowest BCUT2D eigenvalue weighted by molar-refractivity contribution is 0.175. The van der Waals surface area contributed by atoms with Crippen LogP contribution < -0.4 is 5.32 Å². The summed E-state index contributed by atoms with van der Waals surface area (Å²) >= 11 is 0. The summed E-state index contributed by atoms with van der Waals surface area (Å²) in [5.41, 5.74) is 0. The molecule has 3 unspecified atom stereocenters. The maximum atomic E-state index is 3.83. The van der Waals surface area contributed by atoms with E-state index in [1.165, 1.54) is 71.0 Å². The Bertz CT molecular complexity index is 229. The normalized spacial score (nSPS) is 34.7. The number of nitrogens with zero attached hydrogens (tertiary/aromatic N) is 1. The van der Waals surface area contributed by atoms with Gasteiger partial charge in [0.15, 0.2) is 0 Å². The zero-order chi connectivity index (χ0) is 12.8. The van der Waals surface area contributed by atoms with Gasteiger partial charge in [0.1, 0.15) is 0 Å². The molecule has 0 aromatic carbocycles. The summed E-state index contributed by atoms with van der Waals surface area (Å²) in [6.07, 6.45) is 11.2. The molecule has 0 bridgehead atoms. The van der Waals surface area contributed by atoms with Crippen LogP contribution in [0.25, 0.3) is 0 Å². The van der Waals surface area contributed by atoms with Crippen molar-refractivity contribution < 1.29 is 0 Å². The topological polar surface area (TPSA) is 15.3 Å². The molecule has 2 aliphatic rings. The Kier molecular flexibility index (Phi) is 5.97. The van der Waals surface area contributed by atoms with Gasteiger partial charge in [-0.15, -0.1) is 0 Å². The van der Waals surface area contributed by atoms with Crippen LogP contribution in [0.4, 0.5) is 0 Å². The van der Waals surface area contributed by atoms with Gasteiger partial charge in [-0.05, 0) is 44.7 Å². The van der Waals surface area contributed by atoms with E-state index in [0.29, 0.717) is 0 Å². The summed E-state index contributed by atoms with van der Waals surface area (Å²) < 4.78 is 0. The average molecular weight is 252 g/mol. The second kappa shape index (κ2) is 7.49. The second-order valence-corrected chi connectivity index (χ2v) is 6.32. The van der Waals surface area contributed by atoms with Gasteiger partial charge in [0.2, 0.25) is 0 Å². The molecule has 2 nitrogen and oxygen atoms in total. The van der Waals surface area contributed by atoms with Gasteiger partial charge in [0.05, 0.1) is 0 Å². The minimum atomic E-state index is 0.767. The Morgan fingerprint density at radius 1 is 1.06 bits per heavy atom. The minimum Gasteiger partial charge on any atom is -0.312 e. The van der Waals surface area contributed by atoms with Gasteiger partial charge in [-0.2, -0.15) is 0 Å². The van der Waals surface area contributed by atoms with Crippen LogP contribution in [0.5, 0.6) is 0 Å². The van der Waals surface area contributed by atoms with Crippen molar-refractivity contribution in [1.29, 1.82) is 0 Å². The van der Waals surface area contributed by atoms with Crippen molar-refractivity contribution >= 4 is 0 Å². The molecule has 2 rings (SSSR count). The van der Waals surface area contributed by atoms with Crippen molar-refractivity contribution in [3.63, 3.8) is 0 Å². The predicted molar refractivity (Wildman–Crippen MR) is 78.9 cm³/mol. The molecule has 1 heterocycles. The van der Waals surface area contributed by atoms with Gasteiger partial charge in [-0.1, -0.05) is 39.5 Å². The van der Waals surface area contributed by atoms with E-state index in [2.05, 4.69) is 24.1 Å². The van der Waals surface area contributed by atoms with E-state index in [1.807, 2.05) is 0 Å². The molecular weight excluding hydrogens is 220 g/mol. The molecule has 1 N–H and O–H groups in total. The molecule has 1 aliphatic heterocycles. The molecule has 1 saturated carbocycles. The monoisotopic (exact) mass is 252 g/mol. The minimum absolute atomic E-state index is 0.767. The summed E-state index contributed by atoms with van der Waals surface area (Å²) in [5, 5.41) is 3.83. The fraction of sp³-hybridized carbons (Fsp3) is 1.00. The maximum Gasteiger partial charge on any atom is 0.0249 e. The molecule has 0 spiro atoms. The highest BCUT2D eigenvalue weighted by atomic mass is 15.2. The van der Waals surface area contributed by atoms with Gasteiger partial charge < -0.3 is 5.32 Å². The van der Waals surface area contributed by atoms with Crippen LogP contribution in [-0.2, 0) is 0 Å². The molecule has 2 fully saturated rings. The average Bonchev–Trinajstić information content (AvgIpc) is 2.75. The first-order chi connectivity index (χ1) is 8.85. The Balaban J connectivity index is 1.92. The lowest BCUT2D eigenvalue weighted by atomic mass is 10.0. The molecule has 1 aliphatic carbocycles. The van der Waals surface area contributed by atoms with Crippen LogP contribution in [0.1, 0.15) is 65.2 Å². The van der Waals surface area contributed by atoms with E-state index in [-0.39, 0.29) is 0 Å². The van der Waals surface area contributed by atoms with Crippen molar-refractivity contribution in [2.24, 2.45) is 5.92 Å². The predicted octanol–water partition coefficient (Wildman–Crippen LogP) is 3.42. The van der Waals surface area contributed by atoms with E-state index < -0.39 is 0 Å². The fourth-order valence-electron chi connectivity index (χ4n) is 3.79. The SMILES string of the molecule is CCCNC1CCCCCC1N1CCC(CC)C1. The van der Waals surface area contributed by atoms with Crippen LogP contribution in [-0.4, -0.2) is 36.6 Å². The smallest absolute Gasteiger partial charge is 0.0249 e. The first-order valence-electron chi connectivity index (χ1n) is 8.32. The Labute approximate surface area is 114 Å². The van der Waals surface area contributed by atoms with E-state index >= 15 is 0 Å². The first-order valence-corrected chi connectivity index (χ1v) is 8.32. The Morgan fingerprint density at radius 3 is 2.61 bits per heavy atom. The largest absolute Gasteiger partial charge is 0.312 e. The third kappa shape index (κ3) is 3.71. The lowest BCUT2D eigenvalue weighted by Gasteiger charge is -2.34. The van der Waals surface area contributed by atoms with Crippen molar-refractivity contribution in [2.75, 3.05) is 19.6 Å². The molecule has 3 atom stereocenters. The van der Waals surface area contributed by atoms with Crippen LogP contribution in [0.15, 0.2) is 0 Å². The summed E-state index contributed by atoms with van der Waals surface area (Å²) in [6.45, 7) is 8.56. The zero-order valence-corrected chi connectivity index (χ0v) is 12.5. The summed E-state index contributed by atoms with van der Waals surface area (Å²) in [5.74, 6) is 0.972. The molecule has 0 amide bonds. The van der Waals surface area contributed by atoms with Crippen molar-refractivity contribution in [3.05, 3.63) is 0 Å². The van der Waals surface area contributed by atoms with E-state index in [4.69, 9.17) is 0 Å². The maximum absolute atomic E-state index is 3.83. The number of hydrogen-bond donors (Lipinski definition) is 1. The van der Waals surface area contributed by atoms with Gasteiger partial charge in [0.25, 0.3) is 0 Å². The van der Waals surface area contributed by atoms with Gasteiger partial charge in [0, 0.05) is 18.6 Å². The van der Waals surface area contributed by atoms with Crippen LogP contribution in [0, 0.1) is 5.92 Å². The van der Waals surface area contributed by atoms with Crippen molar-refractivity contribution in [1.82, 2.24) is 10.2 Å². The standard InChI is InChI=1S/C16H32N2/c1-3-11-17-15-8-6-5-7-9-16(15)18-12-10-14(4-2)13-18/h14-17H,3-13H2,1-2H3. The van der Waals surface area contributed by atoms with Crippen LogP contribution in [0.3, 0.4) is 0 Å². The Morgan fingerprint density at radius 2 is 1.89 bits per heavy atom. The van der Waals surface area contributed by atoms with Crippen LogP contribution in [0.2, 0.25) is 0 Å². The van der Waals surface area contributed by atoms with Gasteiger partial charge in [-0.3, -0.25) is 4.90 Å².